The van der Waals surface area contributed by atoms with E-state index in [4.69, 9.17) is 4.98 Å². The Labute approximate surface area is 229 Å². The molecule has 3 heterocycles. The van der Waals surface area contributed by atoms with E-state index in [1.807, 2.05) is 17.0 Å². The van der Waals surface area contributed by atoms with Crippen LogP contribution < -0.4 is 0 Å². The van der Waals surface area contributed by atoms with Crippen molar-refractivity contribution in [1.29, 1.82) is 0 Å². The normalized spacial score (nSPS) is 14.3. The third-order valence-electron chi connectivity index (χ3n) is 7.43. The summed E-state index contributed by atoms with van der Waals surface area (Å²) in [5, 5.41) is 11.5. The zero-order valence-corrected chi connectivity index (χ0v) is 23.1. The van der Waals surface area contributed by atoms with Gasteiger partial charge in [0, 0.05) is 63.0 Å². The number of imidazole rings is 1. The summed E-state index contributed by atoms with van der Waals surface area (Å²) < 4.78 is 2.13. The molecule has 0 radical (unpaired) electrons. The fourth-order valence-electron chi connectivity index (χ4n) is 5.29. The van der Waals surface area contributed by atoms with Crippen LogP contribution in [0.2, 0.25) is 0 Å². The third-order valence-corrected chi connectivity index (χ3v) is 7.43. The lowest BCUT2D eigenvalue weighted by Crippen LogP contribution is -2.48. The summed E-state index contributed by atoms with van der Waals surface area (Å²) >= 11 is 0. The molecule has 0 bridgehead atoms. The minimum Gasteiger partial charge on any atom is -0.340 e. The monoisotopic (exact) mass is 525 g/mol. The van der Waals surface area contributed by atoms with Gasteiger partial charge in [-0.05, 0) is 48.6 Å². The first-order valence-corrected chi connectivity index (χ1v) is 13.5. The number of nitro benzene ring substituents is 1. The van der Waals surface area contributed by atoms with E-state index in [1.54, 1.807) is 12.1 Å². The molecular weight excluding hydrogens is 490 g/mol. The first kappa shape index (κ1) is 26.6. The molecular formula is C31H35N5O3. The summed E-state index contributed by atoms with van der Waals surface area (Å²) in [6.45, 7) is 11.9. The standard InChI is InChI=1S/C31H35N5O3/c1-21(2)16-30(37)34-14-12-33(13-15-34)20-28-31(24-6-5-7-26(18-24)36(38)39)32-29-11-10-25(19-35(28)29)27-17-22(3)8-9-23(27)4/h5-11,17-19,21H,12-16,20H2,1-4H3. The summed E-state index contributed by atoms with van der Waals surface area (Å²) in [6.07, 6.45) is 2.70. The highest BCUT2D eigenvalue weighted by Crippen LogP contribution is 2.31. The van der Waals surface area contributed by atoms with Crippen LogP contribution in [0.5, 0.6) is 0 Å². The van der Waals surface area contributed by atoms with Crippen molar-refractivity contribution in [2.75, 3.05) is 26.2 Å². The van der Waals surface area contributed by atoms with Crippen LogP contribution in [-0.2, 0) is 11.3 Å². The molecule has 8 heteroatoms. The number of pyridine rings is 1. The molecule has 39 heavy (non-hydrogen) atoms. The highest BCUT2D eigenvalue weighted by molar-refractivity contribution is 5.76. The van der Waals surface area contributed by atoms with Gasteiger partial charge in [0.05, 0.1) is 16.3 Å². The molecule has 0 aliphatic carbocycles. The minimum absolute atomic E-state index is 0.0452. The number of benzene rings is 2. The third kappa shape index (κ3) is 5.71. The summed E-state index contributed by atoms with van der Waals surface area (Å²) in [5.41, 5.74) is 7.96. The molecule has 0 spiro atoms. The molecule has 0 N–H and O–H groups in total. The van der Waals surface area contributed by atoms with E-state index in [0.717, 1.165) is 41.3 Å². The predicted octanol–water partition coefficient (Wildman–Crippen LogP) is 5.88. The number of fused-ring (bicyclic) bond motifs is 1. The molecule has 2 aromatic heterocycles. The first-order chi connectivity index (χ1) is 18.7. The molecule has 0 saturated carbocycles. The predicted molar refractivity (Wildman–Crippen MR) is 154 cm³/mol. The number of carbonyl (C=O) groups excluding carboxylic acids is 1. The van der Waals surface area contributed by atoms with Crippen LogP contribution in [0.4, 0.5) is 5.69 Å². The first-order valence-electron chi connectivity index (χ1n) is 13.5. The lowest BCUT2D eigenvalue weighted by Gasteiger charge is -2.35. The van der Waals surface area contributed by atoms with Gasteiger partial charge >= 0.3 is 0 Å². The van der Waals surface area contributed by atoms with Crippen LogP contribution in [-0.4, -0.2) is 56.2 Å². The van der Waals surface area contributed by atoms with E-state index in [9.17, 15) is 14.9 Å². The maximum absolute atomic E-state index is 12.6. The number of hydrogen-bond donors (Lipinski definition) is 0. The summed E-state index contributed by atoms with van der Waals surface area (Å²) in [4.78, 5) is 33.0. The van der Waals surface area contributed by atoms with E-state index in [-0.39, 0.29) is 16.5 Å². The largest absolute Gasteiger partial charge is 0.340 e. The van der Waals surface area contributed by atoms with Crippen LogP contribution in [0.15, 0.2) is 60.8 Å². The molecule has 5 rings (SSSR count). The van der Waals surface area contributed by atoms with Crippen molar-refractivity contribution in [1.82, 2.24) is 19.2 Å². The summed E-state index contributed by atoms with van der Waals surface area (Å²) in [6, 6.07) is 17.2. The number of nitrogens with zero attached hydrogens (tertiary/aromatic N) is 5. The average Bonchev–Trinajstić information content (AvgIpc) is 3.27. The zero-order valence-electron chi connectivity index (χ0n) is 23.1. The van der Waals surface area contributed by atoms with Crippen molar-refractivity contribution < 1.29 is 9.72 Å². The van der Waals surface area contributed by atoms with Crippen LogP contribution >= 0.6 is 0 Å². The van der Waals surface area contributed by atoms with Gasteiger partial charge in [0.25, 0.3) is 5.69 Å². The van der Waals surface area contributed by atoms with E-state index < -0.39 is 0 Å². The van der Waals surface area contributed by atoms with Gasteiger partial charge in [-0.2, -0.15) is 0 Å². The Morgan fingerprint density at radius 1 is 1.00 bits per heavy atom. The van der Waals surface area contributed by atoms with Crippen LogP contribution in [0.1, 0.15) is 37.1 Å². The Kier molecular flexibility index (Phi) is 7.48. The number of carbonyl (C=O) groups is 1. The van der Waals surface area contributed by atoms with Crippen molar-refractivity contribution in [2.24, 2.45) is 5.92 Å². The van der Waals surface area contributed by atoms with Crippen LogP contribution in [0.3, 0.4) is 0 Å². The molecule has 8 nitrogen and oxygen atoms in total. The van der Waals surface area contributed by atoms with Gasteiger partial charge in [-0.3, -0.25) is 19.8 Å². The Balaban J connectivity index is 1.53. The zero-order chi connectivity index (χ0) is 27.7. The molecule has 1 fully saturated rings. The number of rotatable bonds is 7. The average molecular weight is 526 g/mol. The number of amides is 1. The quantitative estimate of drug-likeness (QED) is 0.222. The second-order valence-electron chi connectivity index (χ2n) is 10.9. The Morgan fingerprint density at radius 2 is 1.77 bits per heavy atom. The second kappa shape index (κ2) is 11.0. The van der Waals surface area contributed by atoms with Gasteiger partial charge in [-0.15, -0.1) is 0 Å². The molecule has 2 aromatic carbocycles. The van der Waals surface area contributed by atoms with Gasteiger partial charge in [0.15, 0.2) is 0 Å². The second-order valence-corrected chi connectivity index (χ2v) is 10.9. The van der Waals surface area contributed by atoms with Crippen molar-refractivity contribution in [3.05, 3.63) is 87.7 Å². The highest BCUT2D eigenvalue weighted by atomic mass is 16.6. The number of non-ortho nitro benzene ring substituents is 1. The summed E-state index contributed by atoms with van der Waals surface area (Å²) in [7, 11) is 0. The Hall–Kier alpha value is -4.04. The van der Waals surface area contributed by atoms with Crippen molar-refractivity contribution in [3.8, 4) is 22.4 Å². The van der Waals surface area contributed by atoms with Crippen LogP contribution in [0, 0.1) is 29.9 Å². The number of piperazine rings is 1. The maximum Gasteiger partial charge on any atom is 0.270 e. The molecule has 1 amide bonds. The topological polar surface area (TPSA) is 84.0 Å². The Morgan fingerprint density at radius 3 is 2.49 bits per heavy atom. The van der Waals surface area contributed by atoms with Crippen LogP contribution in [0.25, 0.3) is 28.0 Å². The van der Waals surface area contributed by atoms with Crippen molar-refractivity contribution in [2.45, 2.75) is 40.7 Å². The van der Waals surface area contributed by atoms with Crippen molar-refractivity contribution >= 4 is 17.2 Å². The van der Waals surface area contributed by atoms with Crippen molar-refractivity contribution in [3.63, 3.8) is 0 Å². The molecule has 0 unspecified atom stereocenters. The van der Waals surface area contributed by atoms with Gasteiger partial charge in [-0.25, -0.2) is 4.98 Å². The number of aromatic nitrogens is 2. The minimum atomic E-state index is -0.370. The fraction of sp³-hybridized carbons (Fsp3) is 0.355. The van der Waals surface area contributed by atoms with Gasteiger partial charge in [0.1, 0.15) is 5.65 Å². The lowest BCUT2D eigenvalue weighted by atomic mass is 10.00. The molecule has 1 aliphatic rings. The van der Waals surface area contributed by atoms with Gasteiger partial charge < -0.3 is 9.30 Å². The van der Waals surface area contributed by atoms with E-state index in [0.29, 0.717) is 32.0 Å². The lowest BCUT2D eigenvalue weighted by molar-refractivity contribution is -0.384. The van der Waals surface area contributed by atoms with Gasteiger partial charge in [-0.1, -0.05) is 49.7 Å². The molecule has 1 saturated heterocycles. The van der Waals surface area contributed by atoms with Gasteiger partial charge in [0.2, 0.25) is 5.91 Å². The maximum atomic E-state index is 12.6. The molecule has 202 valence electrons. The van der Waals surface area contributed by atoms with E-state index >= 15 is 0 Å². The molecule has 1 aliphatic heterocycles. The number of nitro groups is 1. The Bertz CT molecular complexity index is 1530. The molecule has 0 atom stereocenters. The number of hydrogen-bond acceptors (Lipinski definition) is 5. The van der Waals surface area contributed by atoms with E-state index in [1.165, 1.54) is 22.8 Å². The van der Waals surface area contributed by atoms with E-state index in [2.05, 4.69) is 67.5 Å². The highest BCUT2D eigenvalue weighted by Gasteiger charge is 2.25. The number of aryl methyl sites for hydroxylation is 2. The summed E-state index contributed by atoms with van der Waals surface area (Å²) in [5.74, 6) is 0.562. The smallest absolute Gasteiger partial charge is 0.270 e. The molecule has 4 aromatic rings. The fourth-order valence-corrected chi connectivity index (χ4v) is 5.29. The SMILES string of the molecule is Cc1ccc(C)c(-c2ccc3nc(-c4cccc([N+](=O)[O-])c4)c(CN4CCN(C(=O)CC(C)C)CC4)n3c2)c1.